The number of nitrogens with zero attached hydrogens (tertiary/aromatic N) is 2. The number of amides is 2. The van der Waals surface area contributed by atoms with Gasteiger partial charge in [0, 0.05) is 5.56 Å². The van der Waals surface area contributed by atoms with Crippen molar-refractivity contribution in [3.63, 3.8) is 0 Å². The minimum atomic E-state index is -0.174. The number of benzene rings is 3. The van der Waals surface area contributed by atoms with Gasteiger partial charge in [-0.3, -0.25) is 14.5 Å². The number of ether oxygens (including phenoxy) is 1. The second-order valence-corrected chi connectivity index (χ2v) is 8.18. The van der Waals surface area contributed by atoms with Gasteiger partial charge in [-0.15, -0.1) is 0 Å². The van der Waals surface area contributed by atoms with Gasteiger partial charge in [0.2, 0.25) is 5.91 Å². The molecule has 3 aromatic rings. The first kappa shape index (κ1) is 19.6. The molecule has 6 heteroatoms. The molecule has 0 aromatic heterocycles. The Labute approximate surface area is 181 Å². The standard InChI is InChI=1S/C25H25N3O3/c29-24(17-28-22-10-3-4-11-23(22)31-18-25(28)30)27-14-12-26(13-15-27)16-20-8-5-7-19-6-1-2-9-21(19)20/h1-11H,12-18H2/p+1. The third kappa shape index (κ3) is 3.99. The summed E-state index contributed by atoms with van der Waals surface area (Å²) < 4.78 is 5.47. The highest BCUT2D eigenvalue weighted by molar-refractivity contribution is 6.02. The topological polar surface area (TPSA) is 54.3 Å². The van der Waals surface area contributed by atoms with Crippen LogP contribution < -0.4 is 14.5 Å². The zero-order chi connectivity index (χ0) is 21.2. The van der Waals surface area contributed by atoms with Crippen molar-refractivity contribution in [1.82, 2.24) is 4.90 Å². The molecule has 6 nitrogen and oxygen atoms in total. The Balaban J connectivity index is 1.21. The highest BCUT2D eigenvalue weighted by atomic mass is 16.5. The molecular weight excluding hydrogens is 390 g/mol. The lowest BCUT2D eigenvalue weighted by molar-refractivity contribution is -0.917. The normalized spacial score (nSPS) is 16.8. The summed E-state index contributed by atoms with van der Waals surface area (Å²) in [6.45, 7) is 4.23. The summed E-state index contributed by atoms with van der Waals surface area (Å²) in [5.41, 5.74) is 2.02. The molecular formula is C25H26N3O3+. The van der Waals surface area contributed by atoms with Crippen LogP contribution in [0.1, 0.15) is 5.56 Å². The van der Waals surface area contributed by atoms with Crippen LogP contribution in [0.5, 0.6) is 5.75 Å². The lowest BCUT2D eigenvalue weighted by Gasteiger charge is -2.35. The van der Waals surface area contributed by atoms with Crippen LogP contribution in [-0.2, 0) is 16.1 Å². The van der Waals surface area contributed by atoms with Gasteiger partial charge in [-0.1, -0.05) is 54.6 Å². The fourth-order valence-electron chi connectivity index (χ4n) is 4.53. The van der Waals surface area contributed by atoms with E-state index in [0.29, 0.717) is 24.5 Å². The zero-order valence-electron chi connectivity index (χ0n) is 17.4. The highest BCUT2D eigenvalue weighted by Crippen LogP contribution is 2.31. The van der Waals surface area contributed by atoms with E-state index < -0.39 is 0 Å². The summed E-state index contributed by atoms with van der Waals surface area (Å²) >= 11 is 0. The molecule has 2 amide bonds. The molecule has 0 spiro atoms. The predicted molar refractivity (Wildman–Crippen MR) is 119 cm³/mol. The number of piperazine rings is 1. The third-order valence-corrected chi connectivity index (χ3v) is 6.25. The molecule has 2 aliphatic heterocycles. The second kappa shape index (κ2) is 8.40. The first-order valence-electron chi connectivity index (χ1n) is 10.8. The summed E-state index contributed by atoms with van der Waals surface area (Å²) in [4.78, 5) is 30.2. The molecule has 1 N–H and O–H groups in total. The summed E-state index contributed by atoms with van der Waals surface area (Å²) in [6.07, 6.45) is 0. The van der Waals surface area contributed by atoms with Crippen molar-refractivity contribution in [3.8, 4) is 5.75 Å². The van der Waals surface area contributed by atoms with Crippen LogP contribution in [0.15, 0.2) is 66.7 Å². The van der Waals surface area contributed by atoms with E-state index in [0.717, 1.165) is 19.6 Å². The smallest absolute Gasteiger partial charge is 0.265 e. The maximum Gasteiger partial charge on any atom is 0.265 e. The molecule has 1 fully saturated rings. The molecule has 0 bridgehead atoms. The Kier molecular flexibility index (Phi) is 5.30. The molecule has 0 unspecified atom stereocenters. The highest BCUT2D eigenvalue weighted by Gasteiger charge is 2.30. The molecule has 0 aliphatic carbocycles. The molecule has 158 valence electrons. The van der Waals surface area contributed by atoms with Gasteiger partial charge in [-0.2, -0.15) is 0 Å². The van der Waals surface area contributed by atoms with Gasteiger partial charge < -0.3 is 14.5 Å². The number of quaternary nitrogens is 1. The Morgan fingerprint density at radius 1 is 0.935 bits per heavy atom. The van der Waals surface area contributed by atoms with Crippen LogP contribution >= 0.6 is 0 Å². The largest absolute Gasteiger partial charge is 0.482 e. The van der Waals surface area contributed by atoms with Gasteiger partial charge >= 0.3 is 0 Å². The van der Waals surface area contributed by atoms with Gasteiger partial charge in [0.25, 0.3) is 5.91 Å². The molecule has 3 aromatic carbocycles. The molecule has 0 radical (unpaired) electrons. The van der Waals surface area contributed by atoms with Crippen molar-refractivity contribution in [2.45, 2.75) is 6.54 Å². The predicted octanol–water partition coefficient (Wildman–Crippen LogP) is 1.49. The summed E-state index contributed by atoms with van der Waals surface area (Å²) in [6, 6.07) is 22.3. The van der Waals surface area contributed by atoms with Gasteiger partial charge in [-0.25, -0.2) is 0 Å². The van der Waals surface area contributed by atoms with Crippen LogP contribution in [0.25, 0.3) is 10.8 Å². The molecule has 31 heavy (non-hydrogen) atoms. The van der Waals surface area contributed by atoms with E-state index in [1.165, 1.54) is 21.2 Å². The van der Waals surface area contributed by atoms with Crippen LogP contribution in [0, 0.1) is 0 Å². The van der Waals surface area contributed by atoms with Crippen molar-refractivity contribution in [1.29, 1.82) is 0 Å². The summed E-state index contributed by atoms with van der Waals surface area (Å²) in [5, 5.41) is 2.57. The van der Waals surface area contributed by atoms with Gasteiger partial charge in [0.15, 0.2) is 6.61 Å². The lowest BCUT2D eigenvalue weighted by atomic mass is 10.0. The fraction of sp³-hybridized carbons (Fsp3) is 0.280. The number of anilines is 1. The molecule has 5 rings (SSSR count). The Hall–Kier alpha value is -3.38. The molecule has 2 heterocycles. The van der Waals surface area contributed by atoms with E-state index in [2.05, 4.69) is 42.5 Å². The average Bonchev–Trinajstić information content (AvgIpc) is 2.81. The van der Waals surface area contributed by atoms with E-state index in [-0.39, 0.29) is 25.0 Å². The number of hydrogen-bond donors (Lipinski definition) is 1. The molecule has 0 atom stereocenters. The van der Waals surface area contributed by atoms with Gasteiger partial charge in [0.1, 0.15) is 18.8 Å². The fourth-order valence-corrected chi connectivity index (χ4v) is 4.53. The lowest BCUT2D eigenvalue weighted by Crippen LogP contribution is -3.13. The first-order valence-corrected chi connectivity index (χ1v) is 10.8. The second-order valence-electron chi connectivity index (χ2n) is 8.18. The SMILES string of the molecule is O=C(CN1C(=O)COc2ccccc21)N1CC[NH+](Cc2cccc3ccccc23)CC1. The Morgan fingerprint density at radius 3 is 2.55 bits per heavy atom. The first-order chi connectivity index (χ1) is 15.2. The van der Waals surface area contributed by atoms with E-state index >= 15 is 0 Å². The number of fused-ring (bicyclic) bond motifs is 2. The molecule has 0 saturated carbocycles. The van der Waals surface area contributed by atoms with Crippen molar-refractivity contribution >= 4 is 28.3 Å². The molecule has 2 aliphatic rings. The van der Waals surface area contributed by atoms with Crippen LogP contribution in [0.3, 0.4) is 0 Å². The van der Waals surface area contributed by atoms with Crippen LogP contribution in [0.2, 0.25) is 0 Å². The van der Waals surface area contributed by atoms with Crippen LogP contribution in [-0.4, -0.2) is 56.0 Å². The van der Waals surface area contributed by atoms with Gasteiger partial charge in [0.05, 0.1) is 31.9 Å². The van der Waals surface area contributed by atoms with E-state index in [1.54, 1.807) is 4.90 Å². The minimum Gasteiger partial charge on any atom is -0.482 e. The third-order valence-electron chi connectivity index (χ3n) is 6.25. The van der Waals surface area contributed by atoms with Crippen molar-refractivity contribution in [2.75, 3.05) is 44.2 Å². The Morgan fingerprint density at radius 2 is 1.68 bits per heavy atom. The molecule has 1 saturated heterocycles. The summed E-state index contributed by atoms with van der Waals surface area (Å²) in [5.74, 6) is 0.473. The number of nitrogens with one attached hydrogen (secondary N) is 1. The monoisotopic (exact) mass is 416 g/mol. The summed E-state index contributed by atoms with van der Waals surface area (Å²) in [7, 11) is 0. The maximum absolute atomic E-state index is 12.9. The number of hydrogen-bond acceptors (Lipinski definition) is 3. The maximum atomic E-state index is 12.9. The van der Waals surface area contributed by atoms with Crippen molar-refractivity contribution in [3.05, 3.63) is 72.3 Å². The number of carbonyl (C=O) groups is 2. The van der Waals surface area contributed by atoms with Crippen molar-refractivity contribution in [2.24, 2.45) is 0 Å². The van der Waals surface area contributed by atoms with E-state index in [9.17, 15) is 9.59 Å². The van der Waals surface area contributed by atoms with Crippen molar-refractivity contribution < 1.29 is 19.2 Å². The van der Waals surface area contributed by atoms with Gasteiger partial charge in [-0.05, 0) is 22.9 Å². The minimum absolute atomic E-state index is 0.00531. The zero-order valence-corrected chi connectivity index (χ0v) is 17.4. The van der Waals surface area contributed by atoms with Crippen LogP contribution in [0.4, 0.5) is 5.69 Å². The van der Waals surface area contributed by atoms with E-state index in [4.69, 9.17) is 4.74 Å². The number of rotatable bonds is 4. The number of carbonyl (C=O) groups excluding carboxylic acids is 2. The average molecular weight is 417 g/mol. The quantitative estimate of drug-likeness (QED) is 0.701. The van der Waals surface area contributed by atoms with E-state index in [1.807, 2.05) is 29.2 Å². The number of para-hydroxylation sites is 2. The Bertz CT molecular complexity index is 1120.